The van der Waals surface area contributed by atoms with Crippen LogP contribution in [0.15, 0.2) is 96.5 Å². The minimum atomic E-state index is -3.95. The number of alkyl halides is 2. The molecule has 1 heterocycles. The predicted molar refractivity (Wildman–Crippen MR) is 144 cm³/mol. The zero-order chi connectivity index (χ0) is 28.2. The molecule has 1 N–H and O–H groups in total. The molecule has 0 atom stereocenters. The van der Waals surface area contributed by atoms with Gasteiger partial charge in [0.15, 0.2) is 6.61 Å². The number of para-hydroxylation sites is 1. The Balaban J connectivity index is 1.72. The van der Waals surface area contributed by atoms with Crippen molar-refractivity contribution in [3.8, 4) is 16.9 Å². The molecule has 3 aromatic carbocycles. The van der Waals surface area contributed by atoms with Gasteiger partial charge in [-0.1, -0.05) is 48.5 Å². The fraction of sp³-hybridized carbons (Fsp3) is 0.172. The molecule has 39 heavy (non-hydrogen) atoms. The van der Waals surface area contributed by atoms with Crippen LogP contribution in [0.4, 0.5) is 8.78 Å². The first-order valence-electron chi connectivity index (χ1n) is 11.9. The van der Waals surface area contributed by atoms with E-state index in [1.54, 1.807) is 42.5 Å². The van der Waals surface area contributed by atoms with Gasteiger partial charge < -0.3 is 9.84 Å². The number of rotatable bonds is 11. The first-order valence-corrected chi connectivity index (χ1v) is 13.3. The standard InChI is InChI=1S/C29H26F2N2O5S/c1-3-14-29(30,31)23-10-4-8-22(17-23)24-16-20(12-13-25(24)38-19-27(34)35)18-33(2)39(36,37)26-11-5-7-21-9-6-15-32-28(21)26/h3-13,15-17H,1,14,18-19H2,2H3,(H,34,35). The molecule has 0 fully saturated rings. The van der Waals surface area contributed by atoms with Crippen molar-refractivity contribution in [1.82, 2.24) is 9.29 Å². The van der Waals surface area contributed by atoms with Gasteiger partial charge in [-0.15, -0.1) is 6.58 Å². The van der Waals surface area contributed by atoms with Crippen LogP contribution in [0.5, 0.6) is 5.75 Å². The van der Waals surface area contributed by atoms with E-state index in [2.05, 4.69) is 11.6 Å². The lowest BCUT2D eigenvalue weighted by Crippen LogP contribution is -2.26. The highest BCUT2D eigenvalue weighted by Crippen LogP contribution is 2.37. The summed E-state index contributed by atoms with van der Waals surface area (Å²) in [6.45, 7) is 2.70. The van der Waals surface area contributed by atoms with E-state index < -0.39 is 34.9 Å². The van der Waals surface area contributed by atoms with Crippen molar-refractivity contribution in [1.29, 1.82) is 0 Å². The number of carboxylic acid groups (broad SMARTS) is 1. The van der Waals surface area contributed by atoms with E-state index >= 15 is 0 Å². The molecule has 0 bridgehead atoms. The van der Waals surface area contributed by atoms with E-state index in [1.165, 1.54) is 47.9 Å². The van der Waals surface area contributed by atoms with Crippen LogP contribution in [0.25, 0.3) is 22.0 Å². The van der Waals surface area contributed by atoms with E-state index in [9.17, 15) is 22.0 Å². The Morgan fingerprint density at radius 1 is 1.10 bits per heavy atom. The number of aromatic nitrogens is 1. The van der Waals surface area contributed by atoms with Gasteiger partial charge in [0, 0.05) is 42.7 Å². The maximum Gasteiger partial charge on any atom is 0.341 e. The van der Waals surface area contributed by atoms with Crippen LogP contribution in [0, 0.1) is 0 Å². The topological polar surface area (TPSA) is 96.8 Å². The van der Waals surface area contributed by atoms with Crippen molar-refractivity contribution >= 4 is 26.9 Å². The Labute approximate surface area is 225 Å². The molecule has 0 aliphatic rings. The van der Waals surface area contributed by atoms with E-state index in [-0.39, 0.29) is 22.8 Å². The summed E-state index contributed by atoms with van der Waals surface area (Å²) in [6, 6.07) is 18.8. The van der Waals surface area contributed by atoms with Gasteiger partial charge in [-0.25, -0.2) is 22.0 Å². The molecule has 10 heteroatoms. The summed E-state index contributed by atoms with van der Waals surface area (Å²) in [5.74, 6) is -4.20. The van der Waals surface area contributed by atoms with Gasteiger partial charge in [-0.05, 0) is 41.5 Å². The number of halogens is 2. The number of benzene rings is 3. The first-order chi connectivity index (χ1) is 18.5. The summed E-state index contributed by atoms with van der Waals surface area (Å²) < 4.78 is 62.7. The molecular formula is C29H26F2N2O5S. The molecule has 1 aromatic heterocycles. The fourth-order valence-electron chi connectivity index (χ4n) is 4.17. The Morgan fingerprint density at radius 3 is 2.59 bits per heavy atom. The zero-order valence-electron chi connectivity index (χ0n) is 21.1. The normalized spacial score (nSPS) is 12.0. The van der Waals surface area contributed by atoms with Crippen molar-refractivity contribution in [2.45, 2.75) is 23.8 Å². The fourth-order valence-corrected chi connectivity index (χ4v) is 5.49. The highest BCUT2D eigenvalue weighted by molar-refractivity contribution is 7.89. The molecule has 0 unspecified atom stereocenters. The highest BCUT2D eigenvalue weighted by atomic mass is 32.2. The second kappa shape index (κ2) is 11.3. The van der Waals surface area contributed by atoms with Crippen LogP contribution < -0.4 is 4.74 Å². The lowest BCUT2D eigenvalue weighted by Gasteiger charge is -2.20. The number of carbonyl (C=O) groups is 1. The number of carboxylic acids is 1. The molecule has 7 nitrogen and oxygen atoms in total. The Bertz CT molecular complexity index is 1630. The molecule has 4 aromatic rings. The number of sulfonamides is 1. The van der Waals surface area contributed by atoms with Gasteiger partial charge in [0.1, 0.15) is 10.6 Å². The second-order valence-corrected chi connectivity index (χ2v) is 10.9. The van der Waals surface area contributed by atoms with Crippen LogP contribution in [-0.2, 0) is 27.3 Å². The summed E-state index contributed by atoms with van der Waals surface area (Å²) >= 11 is 0. The summed E-state index contributed by atoms with van der Waals surface area (Å²) in [7, 11) is -2.52. The molecule has 4 rings (SSSR count). The van der Waals surface area contributed by atoms with Crippen LogP contribution in [-0.4, -0.2) is 42.4 Å². The number of aliphatic carboxylic acids is 1. The minimum absolute atomic E-state index is 0.0515. The van der Waals surface area contributed by atoms with Crippen molar-refractivity contribution in [2.75, 3.05) is 13.7 Å². The third-order valence-electron chi connectivity index (χ3n) is 6.08. The highest BCUT2D eigenvalue weighted by Gasteiger charge is 2.30. The quantitative estimate of drug-likeness (QED) is 0.234. The summed E-state index contributed by atoms with van der Waals surface area (Å²) in [4.78, 5) is 15.4. The number of pyridine rings is 1. The van der Waals surface area contributed by atoms with Gasteiger partial charge >= 0.3 is 5.97 Å². The molecular weight excluding hydrogens is 526 g/mol. The summed E-state index contributed by atoms with van der Waals surface area (Å²) in [6.07, 6.45) is 2.11. The lowest BCUT2D eigenvalue weighted by molar-refractivity contribution is -0.139. The molecule has 0 saturated heterocycles. The largest absolute Gasteiger partial charge is 0.481 e. The number of hydrogen-bond donors (Lipinski definition) is 1. The predicted octanol–water partition coefficient (Wildman–Crippen LogP) is 5.85. The third-order valence-corrected chi connectivity index (χ3v) is 7.92. The van der Waals surface area contributed by atoms with E-state index in [0.717, 1.165) is 6.08 Å². The molecule has 0 amide bonds. The number of allylic oxidation sites excluding steroid dienone is 1. The molecule has 0 radical (unpaired) electrons. The Hall–Kier alpha value is -4.15. The van der Waals surface area contributed by atoms with Crippen LogP contribution >= 0.6 is 0 Å². The Morgan fingerprint density at radius 2 is 1.85 bits per heavy atom. The van der Waals surface area contributed by atoms with Gasteiger partial charge in [0.25, 0.3) is 5.92 Å². The monoisotopic (exact) mass is 552 g/mol. The van der Waals surface area contributed by atoms with E-state index in [1.807, 2.05) is 0 Å². The van der Waals surface area contributed by atoms with Gasteiger partial charge in [0.2, 0.25) is 10.0 Å². The van der Waals surface area contributed by atoms with Gasteiger partial charge in [-0.2, -0.15) is 4.31 Å². The number of nitrogens with zero attached hydrogens (tertiary/aromatic N) is 2. The van der Waals surface area contributed by atoms with Crippen molar-refractivity contribution in [3.63, 3.8) is 0 Å². The van der Waals surface area contributed by atoms with Gasteiger partial charge in [-0.3, -0.25) is 4.98 Å². The van der Waals surface area contributed by atoms with Gasteiger partial charge in [0.05, 0.1) is 5.52 Å². The minimum Gasteiger partial charge on any atom is -0.481 e. The molecule has 0 aliphatic carbocycles. The maximum atomic E-state index is 14.6. The van der Waals surface area contributed by atoms with Crippen LogP contribution in [0.3, 0.4) is 0 Å². The number of ether oxygens (including phenoxy) is 1. The van der Waals surface area contributed by atoms with Crippen LogP contribution in [0.2, 0.25) is 0 Å². The van der Waals surface area contributed by atoms with E-state index in [0.29, 0.717) is 27.6 Å². The third kappa shape index (κ3) is 6.13. The van der Waals surface area contributed by atoms with Crippen molar-refractivity contribution < 1.29 is 31.8 Å². The van der Waals surface area contributed by atoms with Crippen molar-refractivity contribution in [2.24, 2.45) is 0 Å². The van der Waals surface area contributed by atoms with Crippen molar-refractivity contribution in [3.05, 3.63) is 103 Å². The average molecular weight is 553 g/mol. The van der Waals surface area contributed by atoms with Crippen LogP contribution in [0.1, 0.15) is 17.5 Å². The molecule has 0 saturated carbocycles. The summed E-state index contributed by atoms with van der Waals surface area (Å²) in [5.41, 5.74) is 1.36. The number of fused-ring (bicyclic) bond motifs is 1. The molecule has 202 valence electrons. The smallest absolute Gasteiger partial charge is 0.341 e. The first kappa shape index (κ1) is 27.9. The molecule has 0 aliphatic heterocycles. The molecule has 0 spiro atoms. The second-order valence-electron chi connectivity index (χ2n) is 8.88. The van der Waals surface area contributed by atoms with E-state index in [4.69, 9.17) is 9.84 Å². The summed E-state index contributed by atoms with van der Waals surface area (Å²) in [5, 5.41) is 9.76. The SMILES string of the molecule is C=CCC(F)(F)c1cccc(-c2cc(CN(C)S(=O)(=O)c3cccc4cccnc34)ccc2OCC(=O)O)c1. The Kier molecular flexibility index (Phi) is 8.08. The maximum absolute atomic E-state index is 14.6. The average Bonchev–Trinajstić information content (AvgIpc) is 2.92. The zero-order valence-corrected chi connectivity index (χ0v) is 21.9. The lowest BCUT2D eigenvalue weighted by atomic mass is 9.97. The number of hydrogen-bond acceptors (Lipinski definition) is 5.